The van der Waals surface area contributed by atoms with Gasteiger partial charge in [-0.15, -0.1) is 0 Å². The number of hydrogen-bond acceptors (Lipinski definition) is 3. The number of urea groups is 1. The normalized spacial score (nSPS) is 18.9. The Hall–Kier alpha value is -2.66. The SMILES string of the molecule is CC/C(C)=C(/C=C1/C=C(c2cnccc2CC)C=C(Cl)C1=N)NC(=O)N1CCCC1. The summed E-state index contributed by atoms with van der Waals surface area (Å²) in [7, 11) is 0. The maximum absolute atomic E-state index is 12.7. The minimum Gasteiger partial charge on any atom is -0.325 e. The second kappa shape index (κ2) is 9.90. The zero-order valence-corrected chi connectivity index (χ0v) is 18.6. The first-order valence-corrected chi connectivity index (χ1v) is 10.9. The smallest absolute Gasteiger partial charge is 0.321 e. The highest BCUT2D eigenvalue weighted by atomic mass is 35.5. The van der Waals surface area contributed by atoms with E-state index >= 15 is 0 Å². The van der Waals surface area contributed by atoms with Gasteiger partial charge in [-0.25, -0.2) is 4.79 Å². The van der Waals surface area contributed by atoms with Gasteiger partial charge >= 0.3 is 6.03 Å². The Morgan fingerprint density at radius 2 is 2.03 bits per heavy atom. The first kappa shape index (κ1) is 22.0. The van der Waals surface area contributed by atoms with Gasteiger partial charge in [-0.3, -0.25) is 10.4 Å². The van der Waals surface area contributed by atoms with E-state index in [1.54, 1.807) is 6.20 Å². The summed E-state index contributed by atoms with van der Waals surface area (Å²) in [6.45, 7) is 7.73. The van der Waals surface area contributed by atoms with Gasteiger partial charge in [0.25, 0.3) is 0 Å². The van der Waals surface area contributed by atoms with E-state index in [4.69, 9.17) is 17.0 Å². The molecule has 1 fully saturated rings. The number of carbonyl (C=O) groups excluding carboxylic acids is 1. The van der Waals surface area contributed by atoms with Crippen LogP contribution in [-0.4, -0.2) is 34.7 Å². The van der Waals surface area contributed by atoms with E-state index in [1.807, 2.05) is 42.3 Å². The molecule has 0 atom stereocenters. The zero-order chi connectivity index (χ0) is 21.7. The lowest BCUT2D eigenvalue weighted by atomic mass is 9.92. The van der Waals surface area contributed by atoms with Crippen LogP contribution < -0.4 is 5.32 Å². The molecule has 0 saturated carbocycles. The van der Waals surface area contributed by atoms with E-state index in [-0.39, 0.29) is 11.7 Å². The van der Waals surface area contributed by atoms with Crippen molar-refractivity contribution in [2.24, 2.45) is 0 Å². The summed E-state index contributed by atoms with van der Waals surface area (Å²) in [5, 5.41) is 11.9. The molecule has 0 spiro atoms. The summed E-state index contributed by atoms with van der Waals surface area (Å²) < 4.78 is 0. The van der Waals surface area contributed by atoms with Gasteiger partial charge in [-0.05, 0) is 73.6 Å². The summed E-state index contributed by atoms with van der Waals surface area (Å²) >= 11 is 6.43. The summed E-state index contributed by atoms with van der Waals surface area (Å²) in [6.07, 6.45) is 13.0. The summed E-state index contributed by atoms with van der Waals surface area (Å²) in [5.74, 6) is 0. The Morgan fingerprint density at radius 3 is 2.70 bits per heavy atom. The molecule has 0 radical (unpaired) electrons. The van der Waals surface area contributed by atoms with Crippen LogP contribution in [0, 0.1) is 5.41 Å². The third kappa shape index (κ3) is 4.90. The fourth-order valence-corrected chi connectivity index (χ4v) is 3.84. The van der Waals surface area contributed by atoms with Gasteiger partial charge < -0.3 is 10.2 Å². The lowest BCUT2D eigenvalue weighted by Gasteiger charge is -2.20. The van der Waals surface area contributed by atoms with Crippen molar-refractivity contribution in [3.05, 3.63) is 69.7 Å². The molecule has 2 N–H and O–H groups in total. The van der Waals surface area contributed by atoms with Crippen LogP contribution in [0.2, 0.25) is 0 Å². The molecular formula is C24H29ClN4O. The van der Waals surface area contributed by atoms with Crippen molar-refractivity contribution in [3.63, 3.8) is 0 Å². The van der Waals surface area contributed by atoms with E-state index in [0.29, 0.717) is 10.6 Å². The summed E-state index contributed by atoms with van der Waals surface area (Å²) in [4.78, 5) is 18.8. The quantitative estimate of drug-likeness (QED) is 0.645. The average Bonchev–Trinajstić information content (AvgIpc) is 3.30. The van der Waals surface area contributed by atoms with Crippen molar-refractivity contribution in [1.82, 2.24) is 15.2 Å². The Balaban J connectivity index is 1.98. The van der Waals surface area contributed by atoms with E-state index in [9.17, 15) is 4.79 Å². The highest BCUT2D eigenvalue weighted by Gasteiger charge is 2.21. The number of aromatic nitrogens is 1. The number of likely N-dealkylation sites (tertiary alicyclic amines) is 1. The third-order valence-corrected chi connectivity index (χ3v) is 5.95. The lowest BCUT2D eigenvalue weighted by Crippen LogP contribution is -2.37. The highest BCUT2D eigenvalue weighted by Crippen LogP contribution is 2.31. The van der Waals surface area contributed by atoms with Crippen LogP contribution in [0.5, 0.6) is 0 Å². The van der Waals surface area contributed by atoms with Gasteiger partial charge in [0.05, 0.1) is 10.7 Å². The van der Waals surface area contributed by atoms with Gasteiger partial charge in [0, 0.05) is 42.3 Å². The van der Waals surface area contributed by atoms with Crippen LogP contribution in [0.15, 0.2) is 58.6 Å². The topological polar surface area (TPSA) is 69.1 Å². The lowest BCUT2D eigenvalue weighted by molar-refractivity contribution is 0.212. The number of halogens is 1. The molecule has 0 bridgehead atoms. The Bertz CT molecular complexity index is 965. The van der Waals surface area contributed by atoms with Crippen LogP contribution in [0.25, 0.3) is 5.57 Å². The second-order valence-corrected chi connectivity index (χ2v) is 8.03. The number of pyridine rings is 1. The van der Waals surface area contributed by atoms with Crippen LogP contribution in [0.1, 0.15) is 51.2 Å². The number of amides is 2. The molecule has 2 heterocycles. The zero-order valence-electron chi connectivity index (χ0n) is 17.9. The van der Waals surface area contributed by atoms with Gasteiger partial charge in [0.1, 0.15) is 0 Å². The molecule has 1 aromatic heterocycles. The number of rotatable bonds is 5. The van der Waals surface area contributed by atoms with Crippen molar-refractivity contribution in [1.29, 1.82) is 5.41 Å². The number of carbonyl (C=O) groups is 1. The maximum atomic E-state index is 12.7. The molecule has 2 amide bonds. The van der Waals surface area contributed by atoms with Gasteiger partial charge in [0.2, 0.25) is 0 Å². The number of aryl methyl sites for hydroxylation is 1. The van der Waals surface area contributed by atoms with E-state index in [0.717, 1.165) is 61.2 Å². The van der Waals surface area contributed by atoms with E-state index in [1.165, 1.54) is 5.56 Å². The van der Waals surface area contributed by atoms with Crippen LogP contribution in [0.3, 0.4) is 0 Å². The van der Waals surface area contributed by atoms with Crippen molar-refractivity contribution in [2.75, 3.05) is 13.1 Å². The fourth-order valence-electron chi connectivity index (χ4n) is 3.62. The maximum Gasteiger partial charge on any atom is 0.321 e. The molecule has 2 aliphatic rings. The van der Waals surface area contributed by atoms with Gasteiger partial charge in [-0.2, -0.15) is 0 Å². The molecular weight excluding hydrogens is 396 g/mol. The van der Waals surface area contributed by atoms with Crippen molar-refractivity contribution in [3.8, 4) is 0 Å². The number of hydrogen-bond donors (Lipinski definition) is 2. The van der Waals surface area contributed by atoms with Crippen LogP contribution >= 0.6 is 11.6 Å². The average molecular weight is 425 g/mol. The Morgan fingerprint density at radius 1 is 1.30 bits per heavy atom. The third-order valence-electron chi connectivity index (χ3n) is 5.65. The molecule has 158 valence electrons. The van der Waals surface area contributed by atoms with E-state index < -0.39 is 0 Å². The molecule has 1 aliphatic heterocycles. The van der Waals surface area contributed by atoms with Crippen molar-refractivity contribution in [2.45, 2.75) is 46.5 Å². The number of allylic oxidation sites excluding steroid dienone is 7. The highest BCUT2D eigenvalue weighted by molar-refractivity contribution is 6.47. The molecule has 3 rings (SSSR count). The first-order valence-electron chi connectivity index (χ1n) is 10.5. The fraction of sp³-hybridized carbons (Fsp3) is 0.375. The summed E-state index contributed by atoms with van der Waals surface area (Å²) in [5.41, 5.74) is 5.82. The monoisotopic (exact) mass is 424 g/mol. The standard InChI is InChI=1S/C24H29ClN4O/c1-4-16(3)22(28-24(30)29-10-6-7-11-29)14-19-12-18(13-21(25)23(19)26)20-15-27-9-8-17(20)5-2/h8-9,12-15,26H,4-7,10-11H2,1-3H3,(H,28,30)/b19-14-,22-16-,26-23?. The van der Waals surface area contributed by atoms with Crippen molar-refractivity contribution >= 4 is 28.9 Å². The second-order valence-electron chi connectivity index (χ2n) is 7.62. The molecule has 30 heavy (non-hydrogen) atoms. The Labute approximate surface area is 183 Å². The molecule has 5 nitrogen and oxygen atoms in total. The van der Waals surface area contributed by atoms with Crippen LogP contribution in [0.4, 0.5) is 4.79 Å². The first-order chi connectivity index (χ1) is 14.4. The predicted octanol–water partition coefficient (Wildman–Crippen LogP) is 5.60. The molecule has 1 aliphatic carbocycles. The molecule has 0 unspecified atom stereocenters. The molecule has 6 heteroatoms. The van der Waals surface area contributed by atoms with E-state index in [2.05, 4.69) is 24.1 Å². The minimum absolute atomic E-state index is 0.0825. The molecule has 0 aromatic carbocycles. The van der Waals surface area contributed by atoms with Gasteiger partial charge in [0.15, 0.2) is 0 Å². The predicted molar refractivity (Wildman–Crippen MR) is 124 cm³/mol. The minimum atomic E-state index is -0.0825. The van der Waals surface area contributed by atoms with Crippen LogP contribution in [-0.2, 0) is 6.42 Å². The molecule has 1 aromatic rings. The van der Waals surface area contributed by atoms with Gasteiger partial charge in [-0.1, -0.05) is 25.4 Å². The largest absolute Gasteiger partial charge is 0.325 e. The Kier molecular flexibility index (Phi) is 7.27. The number of nitrogens with zero attached hydrogens (tertiary/aromatic N) is 2. The van der Waals surface area contributed by atoms with Crippen molar-refractivity contribution < 1.29 is 4.79 Å². The molecule has 1 saturated heterocycles. The summed E-state index contributed by atoms with van der Waals surface area (Å²) in [6, 6.07) is 1.92. The number of nitrogens with one attached hydrogen (secondary N) is 2.